The summed E-state index contributed by atoms with van der Waals surface area (Å²) in [5.41, 5.74) is 10.1. The number of benzene rings is 1. The molecule has 0 unspecified atom stereocenters. The molecule has 0 fully saturated rings. The molecule has 0 aromatic heterocycles. The average molecular weight is 272 g/mol. The number of ether oxygens (including phenoxy) is 2. The minimum atomic E-state index is 0.0474. The Morgan fingerprint density at radius 3 is 2.06 bits per heavy atom. The third-order valence-corrected chi connectivity index (χ3v) is 1.61. The van der Waals surface area contributed by atoms with Crippen molar-refractivity contribution in [2.75, 3.05) is 6.61 Å². The Kier molecular flexibility index (Phi) is 8.99. The van der Waals surface area contributed by atoms with Gasteiger partial charge in [0, 0.05) is 0 Å². The van der Waals surface area contributed by atoms with Crippen LogP contribution in [-0.2, 0) is 4.74 Å². The highest BCUT2D eigenvalue weighted by Gasteiger charge is 1.90. The minimum absolute atomic E-state index is 0.0474. The van der Waals surface area contributed by atoms with Crippen LogP contribution in [0.15, 0.2) is 30.3 Å². The lowest BCUT2D eigenvalue weighted by Gasteiger charge is -1.99. The third-order valence-electron chi connectivity index (χ3n) is 1.41. The Labute approximate surface area is 112 Å². The van der Waals surface area contributed by atoms with Crippen molar-refractivity contribution in [3.05, 3.63) is 30.3 Å². The van der Waals surface area contributed by atoms with Crippen molar-refractivity contribution in [2.45, 2.75) is 13.3 Å². The largest absolute Gasteiger partial charge is 0.471 e. The Hall–Kier alpha value is -1.40. The van der Waals surface area contributed by atoms with Crippen molar-refractivity contribution < 1.29 is 9.47 Å². The van der Waals surface area contributed by atoms with Gasteiger partial charge in [-0.1, -0.05) is 25.1 Å². The van der Waals surface area contributed by atoms with Crippen LogP contribution in [0, 0.1) is 0 Å². The zero-order valence-electron chi connectivity index (χ0n) is 9.59. The lowest BCUT2D eigenvalue weighted by molar-refractivity contribution is 0.308. The fourth-order valence-electron chi connectivity index (χ4n) is 0.807. The molecular formula is C11H16N2O2S2. The summed E-state index contributed by atoms with van der Waals surface area (Å²) >= 11 is 8.95. The molecule has 0 radical (unpaired) electrons. The summed E-state index contributed by atoms with van der Waals surface area (Å²) in [4.78, 5) is 0. The highest BCUT2D eigenvalue weighted by atomic mass is 32.1. The predicted octanol–water partition coefficient (Wildman–Crippen LogP) is 1.97. The highest BCUT2D eigenvalue weighted by Crippen LogP contribution is 2.07. The van der Waals surface area contributed by atoms with E-state index in [1.807, 2.05) is 25.1 Å². The molecule has 0 heterocycles. The van der Waals surface area contributed by atoms with Gasteiger partial charge in [0.1, 0.15) is 5.75 Å². The summed E-state index contributed by atoms with van der Waals surface area (Å²) in [5, 5.41) is 0.188. The van der Waals surface area contributed by atoms with Gasteiger partial charge in [-0.15, -0.1) is 0 Å². The lowest BCUT2D eigenvalue weighted by atomic mass is 10.3. The molecule has 1 rings (SSSR count). The second-order valence-corrected chi connectivity index (χ2v) is 3.71. The van der Waals surface area contributed by atoms with E-state index >= 15 is 0 Å². The van der Waals surface area contributed by atoms with Crippen LogP contribution in [-0.4, -0.2) is 17.0 Å². The van der Waals surface area contributed by atoms with Gasteiger partial charge < -0.3 is 20.9 Å². The highest BCUT2D eigenvalue weighted by molar-refractivity contribution is 7.80. The molecule has 0 spiro atoms. The van der Waals surface area contributed by atoms with E-state index in [4.69, 9.17) is 20.9 Å². The maximum atomic E-state index is 5.13. The van der Waals surface area contributed by atoms with Gasteiger partial charge in [-0.25, -0.2) is 0 Å². The first-order chi connectivity index (χ1) is 8.06. The summed E-state index contributed by atoms with van der Waals surface area (Å²) in [7, 11) is 0. The summed E-state index contributed by atoms with van der Waals surface area (Å²) in [6.45, 7) is 2.63. The van der Waals surface area contributed by atoms with Crippen LogP contribution in [0.2, 0.25) is 0 Å². The number of rotatable bonds is 3. The van der Waals surface area contributed by atoms with E-state index in [-0.39, 0.29) is 10.3 Å². The minimum Gasteiger partial charge on any atom is -0.471 e. The van der Waals surface area contributed by atoms with Crippen molar-refractivity contribution in [1.82, 2.24) is 0 Å². The zero-order valence-corrected chi connectivity index (χ0v) is 11.2. The smallest absolute Gasteiger partial charge is 0.259 e. The fourth-order valence-corrected chi connectivity index (χ4v) is 0.987. The number of thiocarbonyl (C=S) groups is 2. The monoisotopic (exact) mass is 272 g/mol. The van der Waals surface area contributed by atoms with Crippen LogP contribution >= 0.6 is 24.4 Å². The molecule has 6 heteroatoms. The topological polar surface area (TPSA) is 70.5 Å². The van der Waals surface area contributed by atoms with Crippen molar-refractivity contribution >= 4 is 34.8 Å². The molecule has 0 aliphatic heterocycles. The van der Waals surface area contributed by atoms with Crippen molar-refractivity contribution in [3.8, 4) is 5.75 Å². The van der Waals surface area contributed by atoms with Crippen LogP contribution in [0.5, 0.6) is 5.75 Å². The van der Waals surface area contributed by atoms with Crippen molar-refractivity contribution in [2.24, 2.45) is 11.5 Å². The molecule has 4 nitrogen and oxygen atoms in total. The molecule has 94 valence electrons. The van der Waals surface area contributed by atoms with Gasteiger partial charge in [0.25, 0.3) is 10.3 Å². The van der Waals surface area contributed by atoms with Gasteiger partial charge in [-0.3, -0.25) is 0 Å². The van der Waals surface area contributed by atoms with E-state index in [0.29, 0.717) is 12.4 Å². The van der Waals surface area contributed by atoms with Crippen LogP contribution in [0.4, 0.5) is 0 Å². The zero-order chi connectivity index (χ0) is 13.1. The first kappa shape index (κ1) is 15.6. The van der Waals surface area contributed by atoms with Crippen LogP contribution in [0.25, 0.3) is 0 Å². The van der Waals surface area contributed by atoms with Gasteiger partial charge in [-0.2, -0.15) is 0 Å². The molecule has 0 aliphatic carbocycles. The molecule has 0 saturated carbocycles. The van der Waals surface area contributed by atoms with E-state index in [2.05, 4.69) is 24.4 Å². The van der Waals surface area contributed by atoms with Gasteiger partial charge in [-0.05, 0) is 43.0 Å². The molecule has 4 N–H and O–H groups in total. The first-order valence-corrected chi connectivity index (χ1v) is 5.82. The Morgan fingerprint density at radius 2 is 1.71 bits per heavy atom. The number of hydrogen-bond donors (Lipinski definition) is 2. The number of nitrogens with two attached hydrogens (primary N) is 2. The normalized spacial score (nSPS) is 8.53. The summed E-state index contributed by atoms with van der Waals surface area (Å²) < 4.78 is 9.62. The summed E-state index contributed by atoms with van der Waals surface area (Å²) in [6, 6.07) is 9.19. The molecule has 0 amide bonds. The van der Waals surface area contributed by atoms with E-state index in [1.54, 1.807) is 12.1 Å². The molecule has 0 atom stereocenters. The van der Waals surface area contributed by atoms with E-state index in [9.17, 15) is 0 Å². The summed E-state index contributed by atoms with van der Waals surface area (Å²) in [5.74, 6) is 0.676. The first-order valence-electron chi connectivity index (χ1n) is 5.00. The van der Waals surface area contributed by atoms with Crippen molar-refractivity contribution in [1.29, 1.82) is 0 Å². The standard InChI is InChI=1S/C7H7NOS.C4H9NOS/c8-7(10)9-6-4-2-1-3-5-6;1-2-3-6-4(5)7/h1-5H,(H2,8,10);2-3H2,1H3,(H2,5,7). The SMILES string of the molecule is CCCOC(N)=S.NC(=S)Oc1ccccc1. The third kappa shape index (κ3) is 10.9. The number of hydrogen-bond acceptors (Lipinski definition) is 4. The average Bonchev–Trinajstić information content (AvgIpc) is 2.27. The fraction of sp³-hybridized carbons (Fsp3) is 0.273. The second kappa shape index (κ2) is 9.80. The van der Waals surface area contributed by atoms with Gasteiger partial charge in [0.15, 0.2) is 0 Å². The van der Waals surface area contributed by atoms with Crippen LogP contribution < -0.4 is 16.2 Å². The molecule has 0 aliphatic rings. The Morgan fingerprint density at radius 1 is 1.12 bits per heavy atom. The Balaban J connectivity index is 0.000000325. The van der Waals surface area contributed by atoms with Gasteiger partial charge in [0.05, 0.1) is 6.61 Å². The lowest BCUT2D eigenvalue weighted by Crippen LogP contribution is -2.15. The predicted molar refractivity (Wildman–Crippen MR) is 76.9 cm³/mol. The number of para-hydroxylation sites is 1. The molecule has 0 bridgehead atoms. The molecule has 0 saturated heterocycles. The Bertz CT molecular complexity index is 345. The van der Waals surface area contributed by atoms with Crippen LogP contribution in [0.3, 0.4) is 0 Å². The second-order valence-electron chi connectivity index (χ2n) is 2.90. The molecule has 1 aromatic carbocycles. The van der Waals surface area contributed by atoms with Crippen molar-refractivity contribution in [3.63, 3.8) is 0 Å². The van der Waals surface area contributed by atoms with Gasteiger partial charge >= 0.3 is 0 Å². The maximum Gasteiger partial charge on any atom is 0.259 e. The van der Waals surface area contributed by atoms with Crippen LogP contribution in [0.1, 0.15) is 13.3 Å². The van der Waals surface area contributed by atoms with E-state index in [1.165, 1.54) is 0 Å². The van der Waals surface area contributed by atoms with E-state index in [0.717, 1.165) is 6.42 Å². The molecular weight excluding hydrogens is 256 g/mol. The van der Waals surface area contributed by atoms with E-state index < -0.39 is 0 Å². The maximum absolute atomic E-state index is 5.13. The van der Waals surface area contributed by atoms with Gasteiger partial charge in [0.2, 0.25) is 0 Å². The quantitative estimate of drug-likeness (QED) is 0.820. The molecule has 17 heavy (non-hydrogen) atoms. The molecule has 1 aromatic rings. The summed E-state index contributed by atoms with van der Waals surface area (Å²) in [6.07, 6.45) is 0.956.